The van der Waals surface area contributed by atoms with E-state index in [1.54, 1.807) is 36.4 Å². The third kappa shape index (κ3) is 3.74. The molecule has 1 aliphatic rings. The first-order valence-corrected chi connectivity index (χ1v) is 8.14. The van der Waals surface area contributed by atoms with Crippen LogP contribution in [-0.2, 0) is 0 Å². The Bertz CT molecular complexity index is 722. The molecule has 5 nitrogen and oxygen atoms in total. The van der Waals surface area contributed by atoms with Gasteiger partial charge in [0.15, 0.2) is 0 Å². The highest BCUT2D eigenvalue weighted by atomic mass is 16.2. The van der Waals surface area contributed by atoms with E-state index in [1.165, 1.54) is 0 Å². The number of hydrogen-bond acceptors (Lipinski definition) is 3. The number of nitrogens with two attached hydrogens (primary N) is 1. The molecule has 1 saturated heterocycles. The van der Waals surface area contributed by atoms with Gasteiger partial charge in [0, 0.05) is 35.9 Å². The molecule has 1 aliphatic heterocycles. The second kappa shape index (κ2) is 7.17. The van der Waals surface area contributed by atoms with Gasteiger partial charge in [0.25, 0.3) is 11.8 Å². The summed E-state index contributed by atoms with van der Waals surface area (Å²) in [6, 6.07) is 16.3. The first kappa shape index (κ1) is 16.1. The number of benzene rings is 2. The number of nitrogens with one attached hydrogen (secondary N) is 1. The molecule has 0 atom stereocenters. The van der Waals surface area contributed by atoms with Crippen molar-refractivity contribution in [2.45, 2.75) is 18.9 Å². The standard InChI is InChI=1S/C19H21N3O2/c20-16-8-4-7-15(13-16)19(24)22-11-9-17(10-12-22)21-18(23)14-5-2-1-3-6-14/h1-8,13,17H,9-12,20H2,(H,21,23). The minimum absolute atomic E-state index is 0.00450. The van der Waals surface area contributed by atoms with E-state index in [1.807, 2.05) is 23.1 Å². The molecule has 0 aliphatic carbocycles. The van der Waals surface area contributed by atoms with Gasteiger partial charge in [-0.1, -0.05) is 24.3 Å². The summed E-state index contributed by atoms with van der Waals surface area (Å²) in [5.41, 5.74) is 7.60. The zero-order chi connectivity index (χ0) is 16.9. The van der Waals surface area contributed by atoms with Gasteiger partial charge in [-0.3, -0.25) is 9.59 Å². The number of hydrogen-bond donors (Lipinski definition) is 2. The molecule has 0 unspecified atom stereocenters. The fraction of sp³-hybridized carbons (Fsp3) is 0.263. The lowest BCUT2D eigenvalue weighted by Crippen LogP contribution is -2.46. The molecule has 24 heavy (non-hydrogen) atoms. The zero-order valence-corrected chi connectivity index (χ0v) is 13.4. The van der Waals surface area contributed by atoms with Crippen molar-refractivity contribution in [3.05, 3.63) is 65.7 Å². The minimum atomic E-state index is -0.0591. The Morgan fingerprint density at radius 3 is 2.29 bits per heavy atom. The molecule has 1 heterocycles. The zero-order valence-electron chi connectivity index (χ0n) is 13.4. The fourth-order valence-electron chi connectivity index (χ4n) is 2.94. The van der Waals surface area contributed by atoms with Crippen molar-refractivity contribution in [1.82, 2.24) is 10.2 Å². The number of nitrogens with zero attached hydrogens (tertiary/aromatic N) is 1. The maximum atomic E-state index is 12.5. The van der Waals surface area contributed by atoms with Crippen molar-refractivity contribution in [3.63, 3.8) is 0 Å². The van der Waals surface area contributed by atoms with Crippen LogP contribution in [0.2, 0.25) is 0 Å². The molecule has 2 aromatic carbocycles. The predicted molar refractivity (Wildman–Crippen MR) is 93.7 cm³/mol. The lowest BCUT2D eigenvalue weighted by molar-refractivity contribution is 0.0698. The quantitative estimate of drug-likeness (QED) is 0.851. The number of likely N-dealkylation sites (tertiary alicyclic amines) is 1. The molecule has 2 amide bonds. The second-order valence-electron chi connectivity index (χ2n) is 6.03. The summed E-state index contributed by atoms with van der Waals surface area (Å²) in [5, 5.41) is 3.05. The minimum Gasteiger partial charge on any atom is -0.399 e. The van der Waals surface area contributed by atoms with E-state index in [4.69, 9.17) is 5.73 Å². The summed E-state index contributed by atoms with van der Waals surface area (Å²) in [6.45, 7) is 1.26. The van der Waals surface area contributed by atoms with Crippen LogP contribution in [0.1, 0.15) is 33.6 Å². The van der Waals surface area contributed by atoms with Crippen molar-refractivity contribution >= 4 is 17.5 Å². The van der Waals surface area contributed by atoms with Crippen molar-refractivity contribution in [2.75, 3.05) is 18.8 Å². The van der Waals surface area contributed by atoms with E-state index >= 15 is 0 Å². The molecule has 5 heteroatoms. The molecule has 0 spiro atoms. The highest BCUT2D eigenvalue weighted by molar-refractivity contribution is 5.95. The molecule has 124 valence electrons. The van der Waals surface area contributed by atoms with Crippen LogP contribution in [0, 0.1) is 0 Å². The highest BCUT2D eigenvalue weighted by Crippen LogP contribution is 2.16. The van der Waals surface area contributed by atoms with Crippen molar-refractivity contribution in [3.8, 4) is 0 Å². The fourth-order valence-corrected chi connectivity index (χ4v) is 2.94. The lowest BCUT2D eigenvalue weighted by Gasteiger charge is -2.32. The average Bonchev–Trinajstić information content (AvgIpc) is 2.62. The Hall–Kier alpha value is -2.82. The Kier molecular flexibility index (Phi) is 4.79. The molecule has 1 fully saturated rings. The van der Waals surface area contributed by atoms with Gasteiger partial charge in [0.1, 0.15) is 0 Å². The Morgan fingerprint density at radius 2 is 1.62 bits per heavy atom. The predicted octanol–water partition coefficient (Wildman–Crippen LogP) is 2.30. The number of nitrogen functional groups attached to an aromatic ring is 1. The van der Waals surface area contributed by atoms with Gasteiger partial charge < -0.3 is 16.0 Å². The van der Waals surface area contributed by atoms with Crippen molar-refractivity contribution in [2.24, 2.45) is 0 Å². The molecule has 0 radical (unpaired) electrons. The van der Waals surface area contributed by atoms with Crippen LogP contribution >= 0.6 is 0 Å². The molecule has 0 bridgehead atoms. The summed E-state index contributed by atoms with van der Waals surface area (Å²) < 4.78 is 0. The van der Waals surface area contributed by atoms with E-state index in [0.717, 1.165) is 12.8 Å². The number of carbonyl (C=O) groups is 2. The average molecular weight is 323 g/mol. The number of carbonyl (C=O) groups excluding carboxylic acids is 2. The van der Waals surface area contributed by atoms with Crippen LogP contribution < -0.4 is 11.1 Å². The molecule has 0 aromatic heterocycles. The van der Waals surface area contributed by atoms with Crippen LogP contribution in [0.4, 0.5) is 5.69 Å². The van der Waals surface area contributed by atoms with Crippen molar-refractivity contribution in [1.29, 1.82) is 0 Å². The third-order valence-corrected chi connectivity index (χ3v) is 4.29. The Morgan fingerprint density at radius 1 is 0.958 bits per heavy atom. The largest absolute Gasteiger partial charge is 0.399 e. The first-order chi connectivity index (χ1) is 11.6. The normalized spacial score (nSPS) is 15.1. The smallest absolute Gasteiger partial charge is 0.253 e. The number of rotatable bonds is 3. The molecular formula is C19H21N3O2. The lowest BCUT2D eigenvalue weighted by atomic mass is 10.0. The maximum Gasteiger partial charge on any atom is 0.253 e. The van der Waals surface area contributed by atoms with Gasteiger partial charge in [0.2, 0.25) is 0 Å². The molecule has 0 saturated carbocycles. The molecular weight excluding hydrogens is 302 g/mol. The molecule has 3 rings (SSSR count). The first-order valence-electron chi connectivity index (χ1n) is 8.14. The van der Waals surface area contributed by atoms with E-state index < -0.39 is 0 Å². The number of anilines is 1. The maximum absolute atomic E-state index is 12.5. The monoisotopic (exact) mass is 323 g/mol. The van der Waals surface area contributed by atoms with Crippen LogP contribution in [0.5, 0.6) is 0 Å². The Labute approximate surface area is 141 Å². The van der Waals surface area contributed by atoms with Crippen LogP contribution in [0.15, 0.2) is 54.6 Å². The van der Waals surface area contributed by atoms with Gasteiger partial charge in [-0.05, 0) is 43.2 Å². The van der Waals surface area contributed by atoms with Gasteiger partial charge in [0.05, 0.1) is 0 Å². The van der Waals surface area contributed by atoms with Gasteiger partial charge in [-0.2, -0.15) is 0 Å². The van der Waals surface area contributed by atoms with E-state index in [-0.39, 0.29) is 17.9 Å². The van der Waals surface area contributed by atoms with Crippen LogP contribution in [0.3, 0.4) is 0 Å². The summed E-state index contributed by atoms with van der Waals surface area (Å²) in [7, 11) is 0. The third-order valence-electron chi connectivity index (χ3n) is 4.29. The SMILES string of the molecule is Nc1cccc(C(=O)N2CCC(NC(=O)c3ccccc3)CC2)c1. The highest BCUT2D eigenvalue weighted by Gasteiger charge is 2.24. The van der Waals surface area contributed by atoms with Crippen LogP contribution in [0.25, 0.3) is 0 Å². The summed E-state index contributed by atoms with van der Waals surface area (Å²) in [6.07, 6.45) is 1.51. The van der Waals surface area contributed by atoms with Gasteiger partial charge >= 0.3 is 0 Å². The number of piperidine rings is 1. The van der Waals surface area contributed by atoms with Crippen LogP contribution in [-0.4, -0.2) is 35.8 Å². The van der Waals surface area contributed by atoms with Gasteiger partial charge in [-0.15, -0.1) is 0 Å². The van der Waals surface area contributed by atoms with E-state index in [9.17, 15) is 9.59 Å². The Balaban J connectivity index is 1.54. The summed E-state index contributed by atoms with van der Waals surface area (Å²) in [5.74, 6) is -0.0636. The van der Waals surface area contributed by atoms with Crippen molar-refractivity contribution < 1.29 is 9.59 Å². The summed E-state index contributed by atoms with van der Waals surface area (Å²) in [4.78, 5) is 26.5. The number of amides is 2. The molecule has 3 N–H and O–H groups in total. The second-order valence-corrected chi connectivity index (χ2v) is 6.03. The van der Waals surface area contributed by atoms with E-state index in [2.05, 4.69) is 5.32 Å². The molecule has 2 aromatic rings. The topological polar surface area (TPSA) is 75.4 Å². The van der Waals surface area contributed by atoms with E-state index in [0.29, 0.717) is 29.9 Å². The summed E-state index contributed by atoms with van der Waals surface area (Å²) >= 11 is 0. The van der Waals surface area contributed by atoms with Gasteiger partial charge in [-0.25, -0.2) is 0 Å².